The first-order valence-corrected chi connectivity index (χ1v) is 15.2. The van der Waals surface area contributed by atoms with Crippen LogP contribution in [0.1, 0.15) is 36.6 Å². The third kappa shape index (κ3) is 5.83. The first kappa shape index (κ1) is 28.8. The first-order chi connectivity index (χ1) is 20.9. The maximum atomic E-state index is 12.4. The lowest BCUT2D eigenvalue weighted by Crippen LogP contribution is -2.56. The molecule has 2 aromatic carbocycles. The largest absolute Gasteiger partial charge is 0.462 e. The lowest BCUT2D eigenvalue weighted by Gasteiger charge is -2.40. The Bertz CT molecular complexity index is 1600. The van der Waals surface area contributed by atoms with E-state index in [0.29, 0.717) is 44.8 Å². The molecule has 1 aromatic heterocycles. The van der Waals surface area contributed by atoms with Gasteiger partial charge in [-0.2, -0.15) is 9.97 Å². The van der Waals surface area contributed by atoms with Crippen molar-refractivity contribution in [3.8, 4) is 18.4 Å². The molecule has 3 aliphatic rings. The number of anilines is 2. The summed E-state index contributed by atoms with van der Waals surface area (Å²) in [6, 6.07) is 13.9. The van der Waals surface area contributed by atoms with Gasteiger partial charge in [0.15, 0.2) is 0 Å². The summed E-state index contributed by atoms with van der Waals surface area (Å²) in [6.07, 6.45) is 8.71. The van der Waals surface area contributed by atoms with Crippen LogP contribution in [0.25, 0.3) is 15.6 Å². The van der Waals surface area contributed by atoms with Gasteiger partial charge in [0.2, 0.25) is 6.54 Å². The van der Waals surface area contributed by atoms with E-state index >= 15 is 0 Å². The van der Waals surface area contributed by atoms with Crippen LogP contribution in [0.3, 0.4) is 0 Å². The molecule has 0 radical (unpaired) electrons. The molecular weight excluding hydrogens is 538 g/mol. The van der Waals surface area contributed by atoms with Crippen LogP contribution >= 0.6 is 0 Å². The zero-order valence-electron chi connectivity index (χ0n) is 25.3. The Balaban J connectivity index is 1.33. The van der Waals surface area contributed by atoms with Gasteiger partial charge in [-0.05, 0) is 63.1 Å². The SMILES string of the molecule is [C-]#[N+]C[C@H]1CN(c2nc(OC[C@H](C)N(C)C3CC3)nc3c2CCN(c2cccc4cccc(C)c24)C3)CCN1C(=O)C#C. The number of fused-ring (bicyclic) bond motifs is 2. The Morgan fingerprint density at radius 3 is 2.72 bits per heavy atom. The summed E-state index contributed by atoms with van der Waals surface area (Å²) in [7, 11) is 2.16. The van der Waals surface area contributed by atoms with Crippen molar-refractivity contribution in [2.75, 3.05) is 56.2 Å². The number of amides is 1. The Labute approximate surface area is 254 Å². The van der Waals surface area contributed by atoms with Gasteiger partial charge < -0.3 is 24.3 Å². The molecule has 1 aliphatic carbocycles. The third-order valence-electron chi connectivity index (χ3n) is 9.19. The van der Waals surface area contributed by atoms with E-state index in [9.17, 15) is 4.79 Å². The molecule has 1 amide bonds. The molecule has 43 heavy (non-hydrogen) atoms. The highest BCUT2D eigenvalue weighted by Crippen LogP contribution is 2.36. The lowest BCUT2D eigenvalue weighted by atomic mass is 9.99. The van der Waals surface area contributed by atoms with Crippen molar-refractivity contribution in [3.63, 3.8) is 0 Å². The highest BCUT2D eigenvalue weighted by molar-refractivity contribution is 5.97. The van der Waals surface area contributed by atoms with E-state index in [4.69, 9.17) is 27.7 Å². The molecule has 0 spiro atoms. The van der Waals surface area contributed by atoms with E-state index in [1.807, 2.05) is 0 Å². The fourth-order valence-corrected chi connectivity index (χ4v) is 6.50. The summed E-state index contributed by atoms with van der Waals surface area (Å²) in [5.74, 6) is 2.72. The monoisotopic (exact) mass is 577 g/mol. The van der Waals surface area contributed by atoms with Crippen molar-refractivity contribution in [2.24, 2.45) is 0 Å². The fourth-order valence-electron chi connectivity index (χ4n) is 6.50. The maximum Gasteiger partial charge on any atom is 0.318 e. The number of hydrogen-bond donors (Lipinski definition) is 0. The summed E-state index contributed by atoms with van der Waals surface area (Å²) in [6.45, 7) is 15.5. The number of carbonyl (C=O) groups is 1. The van der Waals surface area contributed by atoms with Crippen molar-refractivity contribution >= 4 is 28.2 Å². The molecule has 1 saturated heterocycles. The second-order valence-electron chi connectivity index (χ2n) is 12.0. The summed E-state index contributed by atoms with van der Waals surface area (Å²) < 4.78 is 6.30. The average Bonchev–Trinajstić information content (AvgIpc) is 3.88. The number of likely N-dealkylation sites (N-methyl/N-ethyl adjacent to an activating group) is 1. The van der Waals surface area contributed by atoms with Crippen LogP contribution < -0.4 is 14.5 Å². The van der Waals surface area contributed by atoms with E-state index in [1.165, 1.54) is 34.9 Å². The van der Waals surface area contributed by atoms with Crippen LogP contribution in [0, 0.1) is 25.8 Å². The number of ether oxygens (including phenoxy) is 1. The molecular formula is C34H39N7O2. The lowest BCUT2D eigenvalue weighted by molar-refractivity contribution is -0.127. The highest BCUT2D eigenvalue weighted by atomic mass is 16.5. The minimum absolute atomic E-state index is 0.194. The standard InChI is InChI=1S/C34H39N7O2/c1-6-31(42)41-18-17-40(20-27(41)19-35-4)33-28-15-16-39(30-12-8-11-25-10-7-9-23(2)32(25)30)21-29(28)36-34(37-33)43-22-24(3)38(5)26-13-14-26/h1,7-12,24,26-27H,13-22H2,2-3,5H3/t24-,27-/m0/s1. The Hall–Kier alpha value is -4.34. The van der Waals surface area contributed by atoms with E-state index in [0.717, 1.165) is 30.0 Å². The van der Waals surface area contributed by atoms with Crippen molar-refractivity contribution < 1.29 is 9.53 Å². The van der Waals surface area contributed by atoms with Gasteiger partial charge in [0.1, 0.15) is 18.5 Å². The molecule has 6 rings (SSSR count). The van der Waals surface area contributed by atoms with Crippen LogP contribution in [0.4, 0.5) is 11.5 Å². The molecule has 2 aliphatic heterocycles. The fraction of sp³-hybridized carbons (Fsp3) is 0.471. The summed E-state index contributed by atoms with van der Waals surface area (Å²) >= 11 is 0. The third-order valence-corrected chi connectivity index (χ3v) is 9.19. The van der Waals surface area contributed by atoms with E-state index < -0.39 is 0 Å². The number of hydrogen-bond acceptors (Lipinski definition) is 7. The van der Waals surface area contributed by atoms with E-state index in [-0.39, 0.29) is 24.5 Å². The summed E-state index contributed by atoms with van der Waals surface area (Å²) in [5, 5.41) is 2.50. The van der Waals surface area contributed by atoms with Crippen LogP contribution in [-0.4, -0.2) is 90.2 Å². The molecule has 2 atom stereocenters. The Morgan fingerprint density at radius 2 is 1.98 bits per heavy atom. The molecule has 3 heterocycles. The van der Waals surface area contributed by atoms with Gasteiger partial charge in [-0.25, -0.2) is 6.57 Å². The smallest absolute Gasteiger partial charge is 0.318 e. The van der Waals surface area contributed by atoms with Crippen molar-refractivity contribution in [2.45, 2.75) is 57.8 Å². The molecule has 3 aromatic rings. The molecule has 0 N–H and O–H groups in total. The van der Waals surface area contributed by atoms with Gasteiger partial charge >= 0.3 is 6.01 Å². The van der Waals surface area contributed by atoms with Gasteiger partial charge in [0.25, 0.3) is 5.91 Å². The van der Waals surface area contributed by atoms with Crippen LogP contribution in [0.15, 0.2) is 36.4 Å². The van der Waals surface area contributed by atoms with Crippen LogP contribution in [0.2, 0.25) is 0 Å². The molecule has 222 valence electrons. The zero-order valence-corrected chi connectivity index (χ0v) is 25.3. The predicted octanol–water partition coefficient (Wildman–Crippen LogP) is 3.93. The number of aryl methyl sites for hydroxylation is 1. The number of nitrogens with zero attached hydrogens (tertiary/aromatic N) is 7. The van der Waals surface area contributed by atoms with Gasteiger partial charge in [-0.1, -0.05) is 30.3 Å². The summed E-state index contributed by atoms with van der Waals surface area (Å²) in [5.41, 5.74) is 4.54. The molecule has 2 fully saturated rings. The van der Waals surface area contributed by atoms with Crippen molar-refractivity contribution in [1.29, 1.82) is 0 Å². The first-order valence-electron chi connectivity index (χ1n) is 15.2. The number of terminal acetylenes is 1. The zero-order chi connectivity index (χ0) is 30.1. The van der Waals surface area contributed by atoms with Crippen LogP contribution in [-0.2, 0) is 17.8 Å². The molecule has 9 heteroatoms. The molecule has 1 saturated carbocycles. The second kappa shape index (κ2) is 12.1. The predicted molar refractivity (Wildman–Crippen MR) is 169 cm³/mol. The van der Waals surface area contributed by atoms with E-state index in [2.05, 4.69) is 82.8 Å². The minimum Gasteiger partial charge on any atom is -0.462 e. The molecule has 9 nitrogen and oxygen atoms in total. The summed E-state index contributed by atoms with van der Waals surface area (Å²) in [4.78, 5) is 34.7. The van der Waals surface area contributed by atoms with E-state index in [1.54, 1.807) is 4.90 Å². The highest BCUT2D eigenvalue weighted by Gasteiger charge is 2.35. The maximum absolute atomic E-state index is 12.4. The topological polar surface area (TPSA) is 69.4 Å². The Kier molecular flexibility index (Phi) is 8.10. The average molecular weight is 578 g/mol. The molecule has 0 bridgehead atoms. The number of carbonyl (C=O) groups excluding carboxylic acids is 1. The second-order valence-corrected chi connectivity index (χ2v) is 12.0. The normalized spacial score (nSPS) is 19.1. The number of piperazine rings is 1. The minimum atomic E-state index is -0.364. The quantitative estimate of drug-likeness (QED) is 0.297. The van der Waals surface area contributed by atoms with Gasteiger partial charge in [0, 0.05) is 54.9 Å². The van der Waals surface area contributed by atoms with Gasteiger partial charge in [-0.15, -0.1) is 6.42 Å². The number of benzene rings is 2. The van der Waals surface area contributed by atoms with Gasteiger partial charge in [0.05, 0.1) is 12.2 Å². The van der Waals surface area contributed by atoms with Crippen molar-refractivity contribution in [3.05, 3.63) is 64.6 Å². The molecule has 0 unspecified atom stereocenters. The van der Waals surface area contributed by atoms with Gasteiger partial charge in [-0.3, -0.25) is 9.69 Å². The number of aromatic nitrogens is 2. The van der Waals surface area contributed by atoms with Crippen molar-refractivity contribution in [1.82, 2.24) is 19.8 Å². The van der Waals surface area contributed by atoms with Crippen LogP contribution in [0.5, 0.6) is 6.01 Å². The Morgan fingerprint density at radius 1 is 1.19 bits per heavy atom. The number of rotatable bonds is 8.